The first-order valence-corrected chi connectivity index (χ1v) is 8.51. The molecule has 130 valence electrons. The fourth-order valence-electron chi connectivity index (χ4n) is 1.80. The monoisotopic (exact) mass is 361 g/mol. The maximum atomic E-state index is 12.1. The molecule has 0 atom stereocenters. The molecule has 8 nitrogen and oxygen atoms in total. The van der Waals surface area contributed by atoms with Crippen LogP contribution in [0.4, 0.5) is 0 Å². The molecule has 0 fully saturated rings. The van der Waals surface area contributed by atoms with E-state index in [1.165, 1.54) is 37.4 Å². The van der Waals surface area contributed by atoms with Gasteiger partial charge in [-0.3, -0.25) is 10.2 Å². The standard InChI is InChI=1S/C16H15N3O5S/c1-23-13-6-8-14(9-7-13)25(21,22)19-18-16(20)11-24-15-5-3-2-4-12(15)10-17/h2-9,19H,11H2,1H3,(H,18,20). The van der Waals surface area contributed by atoms with Crippen LogP contribution in [0.25, 0.3) is 0 Å². The van der Waals surface area contributed by atoms with Gasteiger partial charge in [-0.25, -0.2) is 8.42 Å². The first-order chi connectivity index (χ1) is 12.0. The first-order valence-electron chi connectivity index (χ1n) is 7.03. The summed E-state index contributed by atoms with van der Waals surface area (Å²) in [6.45, 7) is -0.455. The number of nitriles is 1. The molecule has 0 bridgehead atoms. The number of hydrogen-bond acceptors (Lipinski definition) is 6. The maximum absolute atomic E-state index is 12.1. The van der Waals surface area contributed by atoms with Gasteiger partial charge in [-0.15, -0.1) is 4.83 Å². The Morgan fingerprint density at radius 3 is 2.48 bits per heavy atom. The molecule has 0 radical (unpaired) electrons. The average Bonchev–Trinajstić information content (AvgIpc) is 2.65. The fraction of sp³-hybridized carbons (Fsp3) is 0.125. The SMILES string of the molecule is COc1ccc(S(=O)(=O)NNC(=O)COc2ccccc2C#N)cc1. The predicted molar refractivity (Wildman–Crippen MR) is 88.1 cm³/mol. The minimum atomic E-state index is -3.92. The number of amides is 1. The summed E-state index contributed by atoms with van der Waals surface area (Å²) in [7, 11) is -2.46. The Hall–Kier alpha value is -3.09. The Bertz CT molecular complexity index is 889. The smallest absolute Gasteiger partial charge is 0.272 e. The zero-order valence-corrected chi connectivity index (χ0v) is 14.0. The summed E-state index contributed by atoms with van der Waals surface area (Å²) in [5.41, 5.74) is 2.31. The second-order valence-electron chi connectivity index (χ2n) is 4.73. The van der Waals surface area contributed by atoms with Gasteiger partial charge in [-0.1, -0.05) is 12.1 Å². The zero-order chi connectivity index (χ0) is 18.3. The molecule has 0 saturated heterocycles. The number of hydrogen-bond donors (Lipinski definition) is 2. The average molecular weight is 361 g/mol. The van der Waals surface area contributed by atoms with Crippen LogP contribution in [0.3, 0.4) is 0 Å². The van der Waals surface area contributed by atoms with E-state index in [0.29, 0.717) is 5.75 Å². The Labute approximate surface area is 145 Å². The highest BCUT2D eigenvalue weighted by Gasteiger charge is 2.15. The second-order valence-corrected chi connectivity index (χ2v) is 6.41. The third kappa shape index (κ3) is 4.94. The van der Waals surface area contributed by atoms with Crippen molar-refractivity contribution >= 4 is 15.9 Å². The van der Waals surface area contributed by atoms with Gasteiger partial charge in [0.05, 0.1) is 17.6 Å². The van der Waals surface area contributed by atoms with Crippen molar-refractivity contribution in [3.8, 4) is 17.6 Å². The molecule has 0 aliphatic carbocycles. The minimum Gasteiger partial charge on any atom is -0.497 e. The summed E-state index contributed by atoms with van der Waals surface area (Å²) in [5, 5.41) is 8.93. The lowest BCUT2D eigenvalue weighted by Crippen LogP contribution is -2.43. The van der Waals surface area contributed by atoms with Crippen molar-refractivity contribution in [1.82, 2.24) is 10.3 Å². The van der Waals surface area contributed by atoms with E-state index in [4.69, 9.17) is 14.7 Å². The summed E-state index contributed by atoms with van der Waals surface area (Å²) in [5.74, 6) is 0.0236. The quantitative estimate of drug-likeness (QED) is 0.709. The molecule has 0 spiro atoms. The van der Waals surface area contributed by atoms with Gasteiger partial charge in [0.15, 0.2) is 6.61 Å². The first kappa shape index (κ1) is 18.3. The lowest BCUT2D eigenvalue weighted by molar-refractivity contribution is -0.123. The molecule has 2 rings (SSSR count). The number of methoxy groups -OCH3 is 1. The van der Waals surface area contributed by atoms with E-state index in [1.54, 1.807) is 18.2 Å². The number of carbonyl (C=O) groups excluding carboxylic acids is 1. The third-order valence-electron chi connectivity index (χ3n) is 3.06. The van der Waals surface area contributed by atoms with Gasteiger partial charge in [0.25, 0.3) is 15.9 Å². The summed E-state index contributed by atoms with van der Waals surface area (Å²) < 4.78 is 34.3. The van der Waals surface area contributed by atoms with E-state index in [2.05, 4.69) is 0 Å². The molecule has 0 aliphatic rings. The number of nitrogens with one attached hydrogen (secondary N) is 2. The molecule has 0 saturated carbocycles. The lowest BCUT2D eigenvalue weighted by atomic mass is 10.2. The summed E-state index contributed by atoms with van der Waals surface area (Å²) in [6.07, 6.45) is 0. The van der Waals surface area contributed by atoms with Gasteiger partial charge in [0, 0.05) is 0 Å². The van der Waals surface area contributed by atoms with Crippen LogP contribution in [0.5, 0.6) is 11.5 Å². The van der Waals surface area contributed by atoms with Crippen LogP contribution in [0.1, 0.15) is 5.56 Å². The van der Waals surface area contributed by atoms with Crippen molar-refractivity contribution in [2.45, 2.75) is 4.90 Å². The highest BCUT2D eigenvalue weighted by molar-refractivity contribution is 7.89. The molecule has 2 aromatic rings. The molecular formula is C16H15N3O5S. The van der Waals surface area contributed by atoms with Crippen LogP contribution in [-0.2, 0) is 14.8 Å². The van der Waals surface area contributed by atoms with E-state index < -0.39 is 22.5 Å². The van der Waals surface area contributed by atoms with Crippen LogP contribution >= 0.6 is 0 Å². The summed E-state index contributed by atoms with van der Waals surface area (Å²) >= 11 is 0. The molecule has 0 aliphatic heterocycles. The van der Waals surface area contributed by atoms with E-state index in [9.17, 15) is 13.2 Å². The molecule has 0 heterocycles. The highest BCUT2D eigenvalue weighted by atomic mass is 32.2. The van der Waals surface area contributed by atoms with Gasteiger partial charge >= 0.3 is 0 Å². The Morgan fingerprint density at radius 1 is 1.16 bits per heavy atom. The molecule has 0 unspecified atom stereocenters. The van der Waals surface area contributed by atoms with Crippen molar-refractivity contribution in [1.29, 1.82) is 5.26 Å². The van der Waals surface area contributed by atoms with Gasteiger partial charge in [-0.05, 0) is 36.4 Å². The normalized spacial score (nSPS) is 10.6. The number of carbonyl (C=O) groups is 1. The van der Waals surface area contributed by atoms with Crippen molar-refractivity contribution in [3.63, 3.8) is 0 Å². The number of benzene rings is 2. The molecule has 2 N–H and O–H groups in total. The Morgan fingerprint density at radius 2 is 1.84 bits per heavy atom. The fourth-order valence-corrected chi connectivity index (χ4v) is 2.66. The van der Waals surface area contributed by atoms with Gasteiger partial charge in [-0.2, -0.15) is 5.26 Å². The van der Waals surface area contributed by atoms with Crippen molar-refractivity contribution in [2.75, 3.05) is 13.7 Å². The number of hydrazine groups is 1. The number of rotatable bonds is 7. The van der Waals surface area contributed by atoms with Crippen LogP contribution in [0, 0.1) is 11.3 Å². The van der Waals surface area contributed by atoms with Crippen molar-refractivity contribution < 1.29 is 22.7 Å². The van der Waals surface area contributed by atoms with Crippen molar-refractivity contribution in [2.24, 2.45) is 0 Å². The van der Waals surface area contributed by atoms with Gasteiger partial charge in [0.1, 0.15) is 17.6 Å². The van der Waals surface area contributed by atoms with E-state index in [0.717, 1.165) is 0 Å². The van der Waals surface area contributed by atoms with E-state index in [1.807, 2.05) is 16.3 Å². The number of para-hydroxylation sites is 1. The molecule has 25 heavy (non-hydrogen) atoms. The number of ether oxygens (including phenoxy) is 2. The van der Waals surface area contributed by atoms with Crippen LogP contribution in [0.2, 0.25) is 0 Å². The molecular weight excluding hydrogens is 346 g/mol. The second kappa shape index (κ2) is 8.14. The predicted octanol–water partition coefficient (Wildman–Crippen LogP) is 0.955. The summed E-state index contributed by atoms with van der Waals surface area (Å²) in [6, 6.07) is 14.0. The minimum absolute atomic E-state index is 0.0376. The van der Waals surface area contributed by atoms with E-state index >= 15 is 0 Å². The third-order valence-corrected chi connectivity index (χ3v) is 4.32. The molecule has 9 heteroatoms. The number of sulfonamides is 1. The molecule has 0 aromatic heterocycles. The van der Waals surface area contributed by atoms with Gasteiger partial charge in [0.2, 0.25) is 0 Å². The van der Waals surface area contributed by atoms with Crippen LogP contribution < -0.4 is 19.7 Å². The van der Waals surface area contributed by atoms with Gasteiger partial charge < -0.3 is 9.47 Å². The maximum Gasteiger partial charge on any atom is 0.272 e. The van der Waals surface area contributed by atoms with Crippen LogP contribution in [0.15, 0.2) is 53.4 Å². The Balaban J connectivity index is 1.91. The Kier molecular flexibility index (Phi) is 5.94. The topological polar surface area (TPSA) is 118 Å². The molecule has 1 amide bonds. The van der Waals surface area contributed by atoms with E-state index in [-0.39, 0.29) is 16.2 Å². The highest BCUT2D eigenvalue weighted by Crippen LogP contribution is 2.16. The molecule has 2 aromatic carbocycles. The largest absolute Gasteiger partial charge is 0.497 e. The zero-order valence-electron chi connectivity index (χ0n) is 13.2. The van der Waals surface area contributed by atoms with Crippen molar-refractivity contribution in [3.05, 3.63) is 54.1 Å². The summed E-state index contributed by atoms with van der Waals surface area (Å²) in [4.78, 5) is 13.7. The lowest BCUT2D eigenvalue weighted by Gasteiger charge is -2.10. The van der Waals surface area contributed by atoms with Crippen LogP contribution in [-0.4, -0.2) is 28.0 Å². The number of nitrogens with zero attached hydrogens (tertiary/aromatic N) is 1.